The predicted octanol–water partition coefficient (Wildman–Crippen LogP) is 5.02. The van der Waals surface area contributed by atoms with Crippen LogP contribution in [0, 0.1) is 5.92 Å². The van der Waals surface area contributed by atoms with Crippen LogP contribution in [-0.4, -0.2) is 78.8 Å². The first-order valence-electron chi connectivity index (χ1n) is 18.6. The first kappa shape index (κ1) is 35.6. The number of fused-ring (bicyclic) bond motifs is 2. The Kier molecular flexibility index (Phi) is 9.54. The number of hydrogen-bond acceptors (Lipinski definition) is 9. The fraction of sp³-hybridized carbons (Fsp3) is 0.474. The number of piperidine rings is 2. The van der Waals surface area contributed by atoms with E-state index in [0.717, 1.165) is 69.4 Å². The molecule has 3 aliphatic rings. The molecule has 1 atom stereocenters. The maximum atomic E-state index is 14.0. The van der Waals surface area contributed by atoms with Crippen LogP contribution in [0.2, 0.25) is 0 Å². The molecule has 1 unspecified atom stereocenters. The Hall–Kier alpha value is -5.38. The SMILES string of the molecule is CN(CC1CCC(c2nc(C(F)F)c(NC(=O)c3ccn4cccnc34)o2)CC1)C1CCN(c2cccc3c2n(C)c(=O)n3C2CCC(=O)NC2=O)CC1. The van der Waals surface area contributed by atoms with Crippen molar-refractivity contribution in [2.75, 3.05) is 36.9 Å². The number of carbonyl (C=O) groups is 3. The van der Waals surface area contributed by atoms with Crippen molar-refractivity contribution >= 4 is 46.0 Å². The van der Waals surface area contributed by atoms with Gasteiger partial charge in [0.1, 0.15) is 11.7 Å². The summed E-state index contributed by atoms with van der Waals surface area (Å²) >= 11 is 0. The average molecular weight is 744 g/mol. The van der Waals surface area contributed by atoms with E-state index in [4.69, 9.17) is 4.42 Å². The van der Waals surface area contributed by atoms with Gasteiger partial charge in [0.25, 0.3) is 12.3 Å². The number of imide groups is 1. The third kappa shape index (κ3) is 6.56. The van der Waals surface area contributed by atoms with Crippen LogP contribution in [0.25, 0.3) is 16.7 Å². The van der Waals surface area contributed by atoms with Crippen molar-refractivity contribution < 1.29 is 27.6 Å². The molecule has 2 aliphatic heterocycles. The number of hydrogen-bond donors (Lipinski definition) is 2. The number of halogens is 2. The Bertz CT molecular complexity index is 2280. The molecule has 3 fully saturated rings. The first-order chi connectivity index (χ1) is 26.1. The lowest BCUT2D eigenvalue weighted by Crippen LogP contribution is -2.45. The van der Waals surface area contributed by atoms with Crippen molar-refractivity contribution in [3.8, 4) is 0 Å². The number of aromatic nitrogens is 5. The largest absolute Gasteiger partial charge is 0.424 e. The molecule has 5 aromatic rings. The summed E-state index contributed by atoms with van der Waals surface area (Å²) in [6.45, 7) is 2.54. The van der Waals surface area contributed by atoms with Gasteiger partial charge in [-0.1, -0.05) is 6.07 Å². The summed E-state index contributed by atoms with van der Waals surface area (Å²) in [6.07, 6.45) is 7.77. The van der Waals surface area contributed by atoms with Crippen LogP contribution in [0.3, 0.4) is 0 Å². The van der Waals surface area contributed by atoms with Gasteiger partial charge in [-0.3, -0.25) is 34.2 Å². The van der Waals surface area contributed by atoms with Crippen molar-refractivity contribution in [1.29, 1.82) is 0 Å². The molecule has 54 heavy (non-hydrogen) atoms. The van der Waals surface area contributed by atoms with Crippen LogP contribution >= 0.6 is 0 Å². The normalized spacial score (nSPS) is 21.4. The highest BCUT2D eigenvalue weighted by Gasteiger charge is 2.34. The molecule has 0 radical (unpaired) electrons. The number of carbonyl (C=O) groups excluding carboxylic acids is 3. The minimum atomic E-state index is -2.91. The number of aryl methyl sites for hydroxylation is 1. The van der Waals surface area contributed by atoms with Crippen LogP contribution in [0.15, 0.2) is 58.1 Å². The van der Waals surface area contributed by atoms with E-state index in [-0.39, 0.29) is 41.3 Å². The smallest absolute Gasteiger partial charge is 0.329 e. The molecule has 0 bridgehead atoms. The number of oxazole rings is 1. The Morgan fingerprint density at radius 1 is 1.04 bits per heavy atom. The molecule has 2 N–H and O–H groups in total. The highest BCUT2D eigenvalue weighted by atomic mass is 19.3. The highest BCUT2D eigenvalue weighted by Crippen LogP contribution is 2.40. The quantitative estimate of drug-likeness (QED) is 0.199. The highest BCUT2D eigenvalue weighted by molar-refractivity contribution is 6.08. The molecule has 1 aliphatic carbocycles. The number of nitrogens with one attached hydrogen (secondary N) is 2. The minimum Gasteiger partial charge on any atom is -0.424 e. The van der Waals surface area contributed by atoms with Crippen LogP contribution < -0.4 is 21.2 Å². The van der Waals surface area contributed by atoms with Gasteiger partial charge in [0.15, 0.2) is 11.6 Å². The van der Waals surface area contributed by atoms with Gasteiger partial charge in [-0.15, -0.1) is 0 Å². The molecule has 14 nitrogen and oxygen atoms in total. The van der Waals surface area contributed by atoms with E-state index in [0.29, 0.717) is 29.5 Å². The zero-order valence-electron chi connectivity index (χ0n) is 30.2. The fourth-order valence-electron chi connectivity index (χ4n) is 8.65. The van der Waals surface area contributed by atoms with Gasteiger partial charge in [-0.25, -0.2) is 23.5 Å². The molecule has 1 aromatic carbocycles. The van der Waals surface area contributed by atoms with Gasteiger partial charge in [-0.05, 0) is 82.2 Å². The summed E-state index contributed by atoms with van der Waals surface area (Å²) in [5, 5.41) is 4.88. The topological polar surface area (TPSA) is 152 Å². The average Bonchev–Trinajstić information content (AvgIpc) is 3.87. The van der Waals surface area contributed by atoms with Gasteiger partial charge in [0, 0.05) is 63.7 Å². The van der Waals surface area contributed by atoms with Crippen molar-refractivity contribution in [2.24, 2.45) is 13.0 Å². The van der Waals surface area contributed by atoms with E-state index < -0.39 is 30.0 Å². The van der Waals surface area contributed by atoms with E-state index in [1.54, 1.807) is 46.7 Å². The van der Waals surface area contributed by atoms with Crippen molar-refractivity contribution in [1.82, 2.24) is 33.7 Å². The van der Waals surface area contributed by atoms with Gasteiger partial charge in [0.2, 0.25) is 17.7 Å². The predicted molar refractivity (Wildman–Crippen MR) is 196 cm³/mol. The molecule has 3 amide bonds. The lowest BCUT2D eigenvalue weighted by atomic mass is 9.81. The number of nitrogens with zero attached hydrogens (tertiary/aromatic N) is 7. The second kappa shape index (κ2) is 14.5. The fourth-order valence-corrected chi connectivity index (χ4v) is 8.65. The Balaban J connectivity index is 0.868. The lowest BCUT2D eigenvalue weighted by Gasteiger charge is -2.40. The van der Waals surface area contributed by atoms with Gasteiger partial charge in [-0.2, -0.15) is 0 Å². The zero-order chi connectivity index (χ0) is 37.7. The number of alkyl halides is 2. The Labute approximate surface area is 309 Å². The van der Waals surface area contributed by atoms with Crippen LogP contribution in [0.5, 0.6) is 0 Å². The van der Waals surface area contributed by atoms with E-state index in [2.05, 4.69) is 37.4 Å². The molecule has 16 heteroatoms. The summed E-state index contributed by atoms with van der Waals surface area (Å²) in [5.41, 5.74) is 2.24. The molecular weight excluding hydrogens is 700 g/mol. The third-order valence-corrected chi connectivity index (χ3v) is 11.5. The number of rotatable bonds is 9. The van der Waals surface area contributed by atoms with Crippen LogP contribution in [0.1, 0.15) is 91.7 Å². The molecule has 1 saturated carbocycles. The summed E-state index contributed by atoms with van der Waals surface area (Å²) < 4.78 is 38.7. The summed E-state index contributed by atoms with van der Waals surface area (Å²) in [6, 6.07) is 8.77. The minimum absolute atomic E-state index is 0.113. The molecule has 8 rings (SSSR count). The second-order valence-corrected chi connectivity index (χ2v) is 14.8. The van der Waals surface area contributed by atoms with Crippen molar-refractivity contribution in [3.05, 3.63) is 76.6 Å². The maximum Gasteiger partial charge on any atom is 0.329 e. The molecule has 4 aromatic heterocycles. The molecule has 284 valence electrons. The molecule has 6 heterocycles. The van der Waals surface area contributed by atoms with Crippen molar-refractivity contribution in [3.63, 3.8) is 0 Å². The number of imidazole rings is 1. The maximum absolute atomic E-state index is 14.0. The Morgan fingerprint density at radius 3 is 2.56 bits per heavy atom. The van der Waals surface area contributed by atoms with Crippen LogP contribution in [0.4, 0.5) is 20.4 Å². The summed E-state index contributed by atoms with van der Waals surface area (Å²) in [7, 11) is 3.89. The number of amides is 3. The summed E-state index contributed by atoms with van der Waals surface area (Å²) in [4.78, 5) is 64.0. The standard InChI is InChI=1S/C38H43F2N9O5/c1-45(24-13-18-47(19-14-24)26-5-3-6-27-31(26)46(2)38(53)49(27)28-11-12-29(50)42-35(28)52)21-22-7-9-23(10-8-22)36-43-30(32(39)40)37(54-36)44-34(51)25-15-20-48-17-4-16-41-33(25)48/h3-6,15-17,20,22-24,28,32H,7-14,18-19,21H2,1-2H3,(H,44,51)(H,42,50,52). The van der Waals surface area contributed by atoms with E-state index in [1.165, 1.54) is 4.57 Å². The number of benzene rings is 1. The third-order valence-electron chi connectivity index (χ3n) is 11.5. The lowest BCUT2D eigenvalue weighted by molar-refractivity contribution is -0.135. The zero-order valence-corrected chi connectivity index (χ0v) is 30.2. The van der Waals surface area contributed by atoms with E-state index in [9.17, 15) is 28.0 Å². The van der Waals surface area contributed by atoms with E-state index >= 15 is 0 Å². The Morgan fingerprint density at radius 2 is 1.81 bits per heavy atom. The van der Waals surface area contributed by atoms with Crippen molar-refractivity contribution in [2.45, 2.75) is 75.8 Å². The first-order valence-corrected chi connectivity index (χ1v) is 18.6. The molecule has 2 saturated heterocycles. The van der Waals surface area contributed by atoms with Gasteiger partial charge in [0.05, 0.1) is 22.3 Å². The van der Waals surface area contributed by atoms with Crippen LogP contribution in [-0.2, 0) is 16.6 Å². The number of para-hydroxylation sites is 1. The molecule has 0 spiro atoms. The number of anilines is 2. The monoisotopic (exact) mass is 743 g/mol. The molecular formula is C38H43F2N9O5. The summed E-state index contributed by atoms with van der Waals surface area (Å²) in [5.74, 6) is -1.11. The van der Waals surface area contributed by atoms with Gasteiger partial charge < -0.3 is 18.6 Å². The van der Waals surface area contributed by atoms with Gasteiger partial charge >= 0.3 is 5.69 Å². The second-order valence-electron chi connectivity index (χ2n) is 14.8. The van der Waals surface area contributed by atoms with E-state index in [1.807, 2.05) is 18.2 Å².